The van der Waals surface area contributed by atoms with E-state index in [0.29, 0.717) is 11.3 Å². The Balaban J connectivity index is 2.79. The lowest BCUT2D eigenvalue weighted by Crippen LogP contribution is -2.33. The third-order valence-electron chi connectivity index (χ3n) is 2.76. The van der Waals surface area contributed by atoms with E-state index in [-0.39, 0.29) is 17.2 Å². The number of benzene rings is 1. The van der Waals surface area contributed by atoms with Gasteiger partial charge < -0.3 is 5.73 Å². The Hall–Kier alpha value is -1.16. The van der Waals surface area contributed by atoms with Crippen LogP contribution < -0.4 is 10.5 Å². The molecule has 0 bridgehead atoms. The van der Waals surface area contributed by atoms with Crippen molar-refractivity contribution >= 4 is 25.7 Å². The van der Waals surface area contributed by atoms with Gasteiger partial charge >= 0.3 is 0 Å². The smallest absolute Gasteiger partial charge is 0.240 e. The van der Waals surface area contributed by atoms with Crippen LogP contribution in [0.3, 0.4) is 0 Å². The highest BCUT2D eigenvalue weighted by molar-refractivity contribution is 7.90. The number of sulfonamides is 2. The molecule has 0 unspecified atom stereocenters. The Morgan fingerprint density at radius 3 is 2.30 bits per heavy atom. The standard InChI is InChI=1S/C11H19N3O4S2/c1-9-8-10(4-5-11(9)12)20(17,18)13-6-7-19(15,16)14(2)3/h4-5,8,13H,6-7,12H2,1-3H3. The molecule has 0 heterocycles. The average molecular weight is 321 g/mol. The topological polar surface area (TPSA) is 110 Å². The Bertz CT molecular complexity index is 682. The van der Waals surface area contributed by atoms with E-state index in [0.717, 1.165) is 4.31 Å². The van der Waals surface area contributed by atoms with E-state index >= 15 is 0 Å². The molecule has 0 aliphatic rings. The Morgan fingerprint density at radius 2 is 1.80 bits per heavy atom. The van der Waals surface area contributed by atoms with Gasteiger partial charge in [0.05, 0.1) is 10.6 Å². The van der Waals surface area contributed by atoms with E-state index in [2.05, 4.69) is 4.72 Å². The van der Waals surface area contributed by atoms with Crippen molar-refractivity contribution in [2.75, 3.05) is 32.1 Å². The van der Waals surface area contributed by atoms with Gasteiger partial charge in [0.25, 0.3) is 0 Å². The van der Waals surface area contributed by atoms with Crippen molar-refractivity contribution < 1.29 is 16.8 Å². The molecular formula is C11H19N3O4S2. The van der Waals surface area contributed by atoms with Crippen LogP contribution in [0.4, 0.5) is 5.69 Å². The van der Waals surface area contributed by atoms with Crippen LogP contribution in [0.5, 0.6) is 0 Å². The maximum Gasteiger partial charge on any atom is 0.240 e. The van der Waals surface area contributed by atoms with Gasteiger partial charge in [0.1, 0.15) is 0 Å². The molecule has 9 heteroatoms. The molecule has 0 radical (unpaired) electrons. The zero-order valence-corrected chi connectivity index (χ0v) is 13.3. The van der Waals surface area contributed by atoms with Gasteiger partial charge in [-0.05, 0) is 30.7 Å². The zero-order valence-electron chi connectivity index (χ0n) is 11.6. The summed E-state index contributed by atoms with van der Waals surface area (Å²) in [6, 6.07) is 4.32. The van der Waals surface area contributed by atoms with E-state index in [1.54, 1.807) is 6.92 Å². The first kappa shape index (κ1) is 16.9. The Morgan fingerprint density at radius 1 is 1.20 bits per heavy atom. The van der Waals surface area contributed by atoms with Gasteiger partial charge in [-0.3, -0.25) is 0 Å². The quantitative estimate of drug-likeness (QED) is 0.702. The molecule has 0 aliphatic heterocycles. The highest BCUT2D eigenvalue weighted by Crippen LogP contribution is 2.16. The second-order valence-electron chi connectivity index (χ2n) is 4.51. The van der Waals surface area contributed by atoms with Crippen molar-refractivity contribution in [3.63, 3.8) is 0 Å². The van der Waals surface area contributed by atoms with Gasteiger partial charge in [-0.1, -0.05) is 0 Å². The second-order valence-corrected chi connectivity index (χ2v) is 8.58. The first-order valence-electron chi connectivity index (χ1n) is 5.82. The van der Waals surface area contributed by atoms with Crippen LogP contribution in [0.2, 0.25) is 0 Å². The predicted molar refractivity (Wildman–Crippen MR) is 78.3 cm³/mol. The Labute approximate surface area is 119 Å². The molecule has 1 aromatic carbocycles. The SMILES string of the molecule is Cc1cc(S(=O)(=O)NCCS(=O)(=O)N(C)C)ccc1N. The largest absolute Gasteiger partial charge is 0.399 e. The summed E-state index contributed by atoms with van der Waals surface area (Å²) in [6.07, 6.45) is 0. The molecule has 7 nitrogen and oxygen atoms in total. The number of aryl methyl sites for hydroxylation is 1. The molecule has 0 aliphatic carbocycles. The van der Waals surface area contributed by atoms with E-state index in [1.807, 2.05) is 0 Å². The molecule has 0 fully saturated rings. The molecule has 114 valence electrons. The number of hydrogen-bond donors (Lipinski definition) is 2. The van der Waals surface area contributed by atoms with Crippen molar-refractivity contribution in [2.45, 2.75) is 11.8 Å². The number of hydrogen-bond acceptors (Lipinski definition) is 5. The fraction of sp³-hybridized carbons (Fsp3) is 0.455. The average Bonchev–Trinajstić information content (AvgIpc) is 2.31. The molecule has 0 spiro atoms. The number of anilines is 1. The lowest BCUT2D eigenvalue weighted by atomic mass is 10.2. The monoisotopic (exact) mass is 321 g/mol. The van der Waals surface area contributed by atoms with Gasteiger partial charge in [-0.2, -0.15) is 0 Å². The summed E-state index contributed by atoms with van der Waals surface area (Å²) in [7, 11) is -4.38. The van der Waals surface area contributed by atoms with Crippen molar-refractivity contribution in [2.24, 2.45) is 0 Å². The molecule has 1 rings (SSSR count). The van der Waals surface area contributed by atoms with Crippen LogP contribution in [-0.2, 0) is 20.0 Å². The zero-order chi connectivity index (χ0) is 15.6. The molecule has 1 aromatic rings. The lowest BCUT2D eigenvalue weighted by Gasteiger charge is -2.12. The summed E-state index contributed by atoms with van der Waals surface area (Å²) >= 11 is 0. The van der Waals surface area contributed by atoms with Crippen LogP contribution in [0.25, 0.3) is 0 Å². The number of rotatable bonds is 6. The van der Waals surface area contributed by atoms with Crippen LogP contribution in [0.1, 0.15) is 5.56 Å². The first-order chi connectivity index (χ1) is 9.06. The van der Waals surface area contributed by atoms with Crippen LogP contribution in [0, 0.1) is 6.92 Å². The van der Waals surface area contributed by atoms with Crippen LogP contribution in [0.15, 0.2) is 23.1 Å². The lowest BCUT2D eigenvalue weighted by molar-refractivity contribution is 0.519. The Kier molecular flexibility index (Phi) is 5.14. The van der Waals surface area contributed by atoms with Gasteiger partial charge in [-0.25, -0.2) is 25.9 Å². The van der Waals surface area contributed by atoms with E-state index < -0.39 is 20.0 Å². The first-order valence-corrected chi connectivity index (χ1v) is 8.91. The molecule has 0 saturated heterocycles. The van der Waals surface area contributed by atoms with Crippen molar-refractivity contribution in [1.29, 1.82) is 0 Å². The number of nitrogens with one attached hydrogen (secondary N) is 1. The fourth-order valence-electron chi connectivity index (χ4n) is 1.39. The third-order valence-corrected chi connectivity index (χ3v) is 6.05. The number of nitrogen functional groups attached to an aromatic ring is 1. The third kappa shape index (κ3) is 4.17. The van der Waals surface area contributed by atoms with Crippen molar-refractivity contribution in [3.05, 3.63) is 23.8 Å². The molecule has 0 atom stereocenters. The van der Waals surface area contributed by atoms with E-state index in [4.69, 9.17) is 5.73 Å². The summed E-state index contributed by atoms with van der Waals surface area (Å²) in [5, 5.41) is 0. The minimum Gasteiger partial charge on any atom is -0.399 e. The summed E-state index contributed by atoms with van der Waals surface area (Å²) < 4.78 is 50.3. The maximum absolute atomic E-state index is 12.0. The molecule has 0 saturated carbocycles. The molecule has 3 N–H and O–H groups in total. The normalized spacial score (nSPS) is 12.8. The molecule has 20 heavy (non-hydrogen) atoms. The summed E-state index contributed by atoms with van der Waals surface area (Å²) in [6.45, 7) is 1.51. The summed E-state index contributed by atoms with van der Waals surface area (Å²) in [4.78, 5) is 0.0615. The minimum absolute atomic E-state index is 0.0615. The van der Waals surface area contributed by atoms with Crippen molar-refractivity contribution in [1.82, 2.24) is 9.03 Å². The predicted octanol–water partition coefficient (Wildman–Crippen LogP) is -0.253. The molecule has 0 aromatic heterocycles. The van der Waals surface area contributed by atoms with Crippen molar-refractivity contribution in [3.8, 4) is 0 Å². The molecular weight excluding hydrogens is 302 g/mol. The number of nitrogens with two attached hydrogens (primary N) is 1. The minimum atomic E-state index is -3.74. The fourth-order valence-corrected chi connectivity index (χ4v) is 3.36. The summed E-state index contributed by atoms with van der Waals surface area (Å²) in [5.41, 5.74) is 6.77. The van der Waals surface area contributed by atoms with E-state index in [9.17, 15) is 16.8 Å². The van der Waals surface area contributed by atoms with Gasteiger partial charge in [-0.15, -0.1) is 0 Å². The highest BCUT2D eigenvalue weighted by atomic mass is 32.2. The number of nitrogens with zero attached hydrogens (tertiary/aromatic N) is 1. The summed E-state index contributed by atoms with van der Waals surface area (Å²) in [5.74, 6) is -0.298. The van der Waals surface area contributed by atoms with Gasteiger partial charge in [0.2, 0.25) is 20.0 Å². The van der Waals surface area contributed by atoms with Crippen LogP contribution in [-0.4, -0.2) is 47.5 Å². The van der Waals surface area contributed by atoms with Gasteiger partial charge in [0, 0.05) is 26.3 Å². The highest BCUT2D eigenvalue weighted by Gasteiger charge is 2.18. The van der Waals surface area contributed by atoms with Crippen LogP contribution >= 0.6 is 0 Å². The van der Waals surface area contributed by atoms with E-state index in [1.165, 1.54) is 32.3 Å². The molecule has 0 amide bonds. The maximum atomic E-state index is 12.0. The second kappa shape index (κ2) is 6.08. The van der Waals surface area contributed by atoms with Gasteiger partial charge in [0.15, 0.2) is 0 Å².